The quantitative estimate of drug-likeness (QED) is 0.663. The number of amides is 3. The number of ether oxygens (including phenoxy) is 1. The molecule has 7 nitrogen and oxygen atoms in total. The van der Waals surface area contributed by atoms with Gasteiger partial charge in [0, 0.05) is 17.5 Å². The van der Waals surface area contributed by atoms with Crippen LogP contribution < -0.4 is 15.4 Å². The second-order valence-electron chi connectivity index (χ2n) is 6.82. The molecule has 0 aliphatic rings. The maximum Gasteiger partial charge on any atom is 0.321 e. The minimum absolute atomic E-state index is 0.296. The monoisotopic (exact) mass is 398 g/mol. The van der Waals surface area contributed by atoms with Crippen molar-refractivity contribution in [3.8, 4) is 17.0 Å². The highest BCUT2D eigenvalue weighted by molar-refractivity contribution is 7.17. The average Bonchev–Trinajstić information content (AvgIpc) is 3.10. The minimum atomic E-state index is -0.542. The topological polar surface area (TPSA) is 93.2 Å². The number of nitrogens with zero attached hydrogens (tertiary/aromatic N) is 2. The Balaban J connectivity index is 1.73. The molecule has 3 rings (SSSR count). The van der Waals surface area contributed by atoms with E-state index >= 15 is 0 Å². The standard InChI is InChI=1S/C20H22N4O3S/c1-12(2)8-21-20(26)24-16(25)9-27-18-17-15(10-28-19(17)23-11-22-18)14-6-4-13(3)5-7-14/h4-7,10-12H,8-9H2,1-3H3,(H2,21,24,25,26). The second kappa shape index (κ2) is 8.79. The Bertz CT molecular complexity index is 983. The average molecular weight is 398 g/mol. The van der Waals surface area contributed by atoms with Crippen molar-refractivity contribution < 1.29 is 14.3 Å². The lowest BCUT2D eigenvalue weighted by Crippen LogP contribution is -2.42. The van der Waals surface area contributed by atoms with Gasteiger partial charge in [-0.05, 0) is 18.4 Å². The zero-order chi connectivity index (χ0) is 20.1. The molecule has 3 aromatic rings. The fourth-order valence-corrected chi connectivity index (χ4v) is 3.45. The Morgan fingerprint density at radius 1 is 1.18 bits per heavy atom. The third-order valence-corrected chi connectivity index (χ3v) is 4.85. The molecule has 3 amide bonds. The number of nitrogens with one attached hydrogen (secondary N) is 2. The molecular weight excluding hydrogens is 376 g/mol. The van der Waals surface area contributed by atoms with Crippen molar-refractivity contribution in [2.45, 2.75) is 20.8 Å². The highest BCUT2D eigenvalue weighted by atomic mass is 32.1. The molecule has 0 bridgehead atoms. The van der Waals surface area contributed by atoms with Gasteiger partial charge in [0.1, 0.15) is 11.2 Å². The van der Waals surface area contributed by atoms with Crippen LogP contribution in [0.15, 0.2) is 36.0 Å². The van der Waals surface area contributed by atoms with Crippen molar-refractivity contribution in [2.75, 3.05) is 13.2 Å². The molecule has 0 spiro atoms. The van der Waals surface area contributed by atoms with E-state index in [0.29, 0.717) is 18.3 Å². The lowest BCUT2D eigenvalue weighted by atomic mass is 10.0. The van der Waals surface area contributed by atoms with E-state index < -0.39 is 11.9 Å². The molecule has 28 heavy (non-hydrogen) atoms. The fraction of sp³-hybridized carbons (Fsp3) is 0.300. The maximum absolute atomic E-state index is 12.0. The van der Waals surface area contributed by atoms with E-state index in [2.05, 4.69) is 20.6 Å². The molecule has 2 heterocycles. The normalized spacial score (nSPS) is 10.9. The lowest BCUT2D eigenvalue weighted by Gasteiger charge is -2.10. The Kier molecular flexibility index (Phi) is 6.20. The fourth-order valence-electron chi connectivity index (χ4n) is 2.54. The van der Waals surface area contributed by atoms with Crippen LogP contribution in [0.3, 0.4) is 0 Å². The first-order chi connectivity index (χ1) is 13.4. The van der Waals surface area contributed by atoms with Gasteiger partial charge < -0.3 is 10.1 Å². The van der Waals surface area contributed by atoms with Gasteiger partial charge in [-0.25, -0.2) is 14.8 Å². The number of fused-ring (bicyclic) bond motifs is 1. The summed E-state index contributed by atoms with van der Waals surface area (Å²) in [6.07, 6.45) is 1.40. The third-order valence-electron chi connectivity index (χ3n) is 3.96. The van der Waals surface area contributed by atoms with Crippen molar-refractivity contribution in [2.24, 2.45) is 5.92 Å². The summed E-state index contributed by atoms with van der Waals surface area (Å²) in [5.41, 5.74) is 3.14. The largest absolute Gasteiger partial charge is 0.467 e. The molecule has 8 heteroatoms. The molecule has 1 aromatic carbocycles. The highest BCUT2D eigenvalue weighted by Crippen LogP contribution is 2.37. The molecule has 0 aliphatic carbocycles. The molecule has 2 aromatic heterocycles. The van der Waals surface area contributed by atoms with Crippen molar-refractivity contribution in [3.63, 3.8) is 0 Å². The van der Waals surface area contributed by atoms with Gasteiger partial charge in [0.05, 0.1) is 5.39 Å². The number of rotatable bonds is 6. The third kappa shape index (κ3) is 4.83. The number of benzene rings is 1. The predicted molar refractivity (Wildman–Crippen MR) is 109 cm³/mol. The van der Waals surface area contributed by atoms with E-state index in [1.807, 2.05) is 50.4 Å². The van der Waals surface area contributed by atoms with Crippen molar-refractivity contribution in [1.82, 2.24) is 20.6 Å². The number of hydrogen-bond acceptors (Lipinski definition) is 6. The van der Waals surface area contributed by atoms with Crippen LogP contribution in [-0.4, -0.2) is 35.1 Å². The van der Waals surface area contributed by atoms with Gasteiger partial charge >= 0.3 is 6.03 Å². The number of imide groups is 1. The summed E-state index contributed by atoms with van der Waals surface area (Å²) in [5.74, 6) is 0.0740. The Morgan fingerprint density at radius 2 is 1.93 bits per heavy atom. The molecule has 0 radical (unpaired) electrons. The zero-order valence-electron chi connectivity index (χ0n) is 16.0. The van der Waals surface area contributed by atoms with Crippen LogP contribution >= 0.6 is 11.3 Å². The van der Waals surface area contributed by atoms with E-state index in [1.54, 1.807) is 0 Å². The summed E-state index contributed by atoms with van der Waals surface area (Å²) in [5, 5.41) is 7.62. The van der Waals surface area contributed by atoms with Gasteiger partial charge in [-0.15, -0.1) is 11.3 Å². The number of carbonyl (C=O) groups excluding carboxylic acids is 2. The summed E-state index contributed by atoms with van der Waals surface area (Å²) in [6, 6.07) is 7.59. The molecule has 0 fully saturated rings. The summed E-state index contributed by atoms with van der Waals surface area (Å²) in [6.45, 7) is 6.14. The molecule has 0 unspecified atom stereocenters. The minimum Gasteiger partial charge on any atom is -0.467 e. The van der Waals surface area contributed by atoms with Crippen LogP contribution in [-0.2, 0) is 4.79 Å². The first-order valence-electron chi connectivity index (χ1n) is 8.93. The molecule has 2 N–H and O–H groups in total. The molecule has 0 atom stereocenters. The van der Waals surface area contributed by atoms with E-state index in [1.165, 1.54) is 23.2 Å². The van der Waals surface area contributed by atoms with Crippen molar-refractivity contribution in [3.05, 3.63) is 41.5 Å². The predicted octanol–water partition coefficient (Wildman–Crippen LogP) is 3.53. The van der Waals surface area contributed by atoms with Gasteiger partial charge in [0.2, 0.25) is 5.88 Å². The number of hydrogen-bond donors (Lipinski definition) is 2. The molecule has 0 saturated heterocycles. The first-order valence-corrected chi connectivity index (χ1v) is 9.81. The highest BCUT2D eigenvalue weighted by Gasteiger charge is 2.16. The van der Waals surface area contributed by atoms with Crippen molar-refractivity contribution in [1.29, 1.82) is 0 Å². The summed E-state index contributed by atoms with van der Waals surface area (Å²) in [7, 11) is 0. The van der Waals surface area contributed by atoms with E-state index in [9.17, 15) is 9.59 Å². The summed E-state index contributed by atoms with van der Waals surface area (Å²) >= 11 is 1.49. The Labute approximate surface area is 167 Å². The summed E-state index contributed by atoms with van der Waals surface area (Å²) in [4.78, 5) is 32.9. The smallest absolute Gasteiger partial charge is 0.321 e. The zero-order valence-corrected chi connectivity index (χ0v) is 16.8. The van der Waals surface area contributed by atoms with Crippen LogP contribution in [0.25, 0.3) is 21.3 Å². The first kappa shape index (κ1) is 19.8. The number of thiophene rings is 1. The van der Waals surface area contributed by atoms with E-state index in [-0.39, 0.29) is 6.61 Å². The van der Waals surface area contributed by atoms with E-state index in [0.717, 1.165) is 21.3 Å². The van der Waals surface area contributed by atoms with E-state index in [4.69, 9.17) is 4.74 Å². The second-order valence-corrected chi connectivity index (χ2v) is 7.67. The van der Waals surface area contributed by atoms with Gasteiger partial charge in [0.15, 0.2) is 6.61 Å². The van der Waals surface area contributed by atoms with Gasteiger partial charge in [-0.3, -0.25) is 10.1 Å². The van der Waals surface area contributed by atoms with Gasteiger partial charge in [0.25, 0.3) is 5.91 Å². The molecule has 146 valence electrons. The van der Waals surface area contributed by atoms with Gasteiger partial charge in [-0.1, -0.05) is 43.7 Å². The number of urea groups is 1. The van der Waals surface area contributed by atoms with Gasteiger partial charge in [-0.2, -0.15) is 0 Å². The van der Waals surface area contributed by atoms with Crippen LogP contribution in [0.5, 0.6) is 5.88 Å². The van der Waals surface area contributed by atoms with Crippen LogP contribution in [0.2, 0.25) is 0 Å². The van der Waals surface area contributed by atoms with Crippen molar-refractivity contribution >= 4 is 33.5 Å². The SMILES string of the molecule is Cc1ccc(-c2csc3ncnc(OCC(=O)NC(=O)NCC(C)C)c23)cc1. The number of carbonyl (C=O) groups is 2. The van der Waals surface area contributed by atoms with Crippen LogP contribution in [0.4, 0.5) is 4.79 Å². The number of aryl methyl sites for hydroxylation is 1. The maximum atomic E-state index is 12.0. The Morgan fingerprint density at radius 3 is 2.64 bits per heavy atom. The van der Waals surface area contributed by atoms with Crippen LogP contribution in [0, 0.1) is 12.8 Å². The Hall–Kier alpha value is -3.00. The lowest BCUT2D eigenvalue weighted by molar-refractivity contribution is -0.122. The molecule has 0 aliphatic heterocycles. The number of aromatic nitrogens is 2. The molecular formula is C20H22N4O3S. The summed E-state index contributed by atoms with van der Waals surface area (Å²) < 4.78 is 5.62. The molecule has 0 saturated carbocycles. The van der Waals surface area contributed by atoms with Crippen LogP contribution in [0.1, 0.15) is 19.4 Å².